The van der Waals surface area contributed by atoms with Gasteiger partial charge in [0, 0.05) is 15.6 Å². The van der Waals surface area contributed by atoms with Gasteiger partial charge in [-0.05, 0) is 41.6 Å². The summed E-state index contributed by atoms with van der Waals surface area (Å²) < 4.78 is 14.7. The van der Waals surface area contributed by atoms with Crippen molar-refractivity contribution in [2.75, 3.05) is 0 Å². The van der Waals surface area contributed by atoms with E-state index < -0.39 is 5.82 Å². The molecule has 1 aromatic heterocycles. The van der Waals surface area contributed by atoms with E-state index in [9.17, 15) is 4.39 Å². The lowest BCUT2D eigenvalue weighted by molar-refractivity contribution is 0.623. The van der Waals surface area contributed by atoms with E-state index in [2.05, 4.69) is 18.2 Å². The first-order valence-corrected chi connectivity index (χ1v) is 7.51. The van der Waals surface area contributed by atoms with Crippen LogP contribution < -0.4 is 5.73 Å². The average Bonchev–Trinajstić information content (AvgIpc) is 2.87. The van der Waals surface area contributed by atoms with Crippen molar-refractivity contribution in [1.29, 1.82) is 0 Å². The van der Waals surface area contributed by atoms with Crippen LogP contribution in [-0.2, 0) is 6.42 Å². The van der Waals surface area contributed by atoms with Crippen LogP contribution in [0.15, 0.2) is 48.5 Å². The van der Waals surface area contributed by atoms with Crippen molar-refractivity contribution in [3.63, 3.8) is 0 Å². The first kappa shape index (κ1) is 13.6. The predicted octanol–water partition coefficient (Wildman–Crippen LogP) is 4.94. The molecule has 20 heavy (non-hydrogen) atoms. The van der Waals surface area contributed by atoms with Crippen LogP contribution in [0.4, 0.5) is 4.39 Å². The van der Waals surface area contributed by atoms with Crippen molar-refractivity contribution in [2.45, 2.75) is 12.5 Å². The monoisotopic (exact) mass is 305 g/mol. The van der Waals surface area contributed by atoms with Crippen LogP contribution in [0, 0.1) is 5.82 Å². The van der Waals surface area contributed by atoms with Crippen LogP contribution in [-0.4, -0.2) is 0 Å². The van der Waals surface area contributed by atoms with E-state index >= 15 is 0 Å². The van der Waals surface area contributed by atoms with E-state index in [1.165, 1.54) is 16.2 Å². The van der Waals surface area contributed by atoms with Gasteiger partial charge in [-0.3, -0.25) is 0 Å². The fraction of sp³-hybridized carbons (Fsp3) is 0.125. The molecule has 0 bridgehead atoms. The SMILES string of the molecule is NC(Cc1ccc(Cl)c(F)c1)c1cc2ccccc2s1. The van der Waals surface area contributed by atoms with Crippen LogP contribution >= 0.6 is 22.9 Å². The molecule has 1 atom stereocenters. The Kier molecular flexibility index (Phi) is 3.74. The summed E-state index contributed by atoms with van der Waals surface area (Å²) >= 11 is 7.37. The molecule has 102 valence electrons. The molecule has 4 heteroatoms. The van der Waals surface area contributed by atoms with Gasteiger partial charge in [0.05, 0.1) is 5.02 Å². The van der Waals surface area contributed by atoms with E-state index in [-0.39, 0.29) is 11.1 Å². The number of hydrogen-bond acceptors (Lipinski definition) is 2. The number of nitrogens with two attached hydrogens (primary N) is 1. The second-order valence-corrected chi connectivity index (χ2v) is 6.27. The van der Waals surface area contributed by atoms with Gasteiger partial charge in [0.1, 0.15) is 5.82 Å². The zero-order valence-corrected chi connectivity index (χ0v) is 12.2. The molecule has 0 saturated carbocycles. The molecule has 0 radical (unpaired) electrons. The maximum Gasteiger partial charge on any atom is 0.142 e. The van der Waals surface area contributed by atoms with Crippen LogP contribution in [0.3, 0.4) is 0 Å². The molecule has 3 rings (SSSR count). The minimum Gasteiger partial charge on any atom is -0.323 e. The molecule has 2 N–H and O–H groups in total. The van der Waals surface area contributed by atoms with Crippen molar-refractivity contribution in [3.05, 3.63) is 69.8 Å². The topological polar surface area (TPSA) is 26.0 Å². The molecule has 0 saturated heterocycles. The molecule has 0 aliphatic carbocycles. The normalized spacial score (nSPS) is 12.8. The Labute approximate surface area is 125 Å². The summed E-state index contributed by atoms with van der Waals surface area (Å²) in [6.45, 7) is 0. The fourth-order valence-corrected chi connectivity index (χ4v) is 3.39. The Bertz CT molecular complexity index is 720. The van der Waals surface area contributed by atoms with E-state index in [0.29, 0.717) is 6.42 Å². The highest BCUT2D eigenvalue weighted by Gasteiger charge is 2.12. The van der Waals surface area contributed by atoms with E-state index in [1.807, 2.05) is 18.2 Å². The Morgan fingerprint density at radius 3 is 2.70 bits per heavy atom. The van der Waals surface area contributed by atoms with Crippen molar-refractivity contribution in [1.82, 2.24) is 0 Å². The number of fused-ring (bicyclic) bond motifs is 1. The Hall–Kier alpha value is -1.42. The summed E-state index contributed by atoms with van der Waals surface area (Å²) in [5.74, 6) is -0.396. The molecule has 2 aromatic carbocycles. The second-order valence-electron chi connectivity index (χ2n) is 4.75. The smallest absolute Gasteiger partial charge is 0.142 e. The van der Waals surface area contributed by atoms with Crippen molar-refractivity contribution < 1.29 is 4.39 Å². The summed E-state index contributed by atoms with van der Waals surface area (Å²) in [7, 11) is 0. The number of hydrogen-bond donors (Lipinski definition) is 1. The fourth-order valence-electron chi connectivity index (χ4n) is 2.21. The Morgan fingerprint density at radius 2 is 1.95 bits per heavy atom. The summed E-state index contributed by atoms with van der Waals surface area (Å²) in [4.78, 5) is 1.11. The Morgan fingerprint density at radius 1 is 1.15 bits per heavy atom. The number of thiophene rings is 1. The number of halogens is 2. The lowest BCUT2D eigenvalue weighted by Gasteiger charge is -2.09. The van der Waals surface area contributed by atoms with Gasteiger partial charge >= 0.3 is 0 Å². The number of benzene rings is 2. The van der Waals surface area contributed by atoms with Crippen molar-refractivity contribution in [3.8, 4) is 0 Å². The minimum absolute atomic E-state index is 0.132. The zero-order chi connectivity index (χ0) is 14.1. The Balaban J connectivity index is 1.84. The highest BCUT2D eigenvalue weighted by molar-refractivity contribution is 7.19. The standard InChI is InChI=1S/C16H13ClFNS/c17-12-6-5-10(7-13(12)18)8-14(19)16-9-11-3-1-2-4-15(11)20-16/h1-7,9,14H,8,19H2. The third-order valence-electron chi connectivity index (χ3n) is 3.25. The second kappa shape index (κ2) is 5.52. The number of rotatable bonds is 3. The lowest BCUT2D eigenvalue weighted by Crippen LogP contribution is -2.11. The van der Waals surface area contributed by atoms with Crippen LogP contribution in [0.5, 0.6) is 0 Å². The van der Waals surface area contributed by atoms with Gasteiger partial charge in [-0.15, -0.1) is 11.3 Å². The van der Waals surface area contributed by atoms with E-state index in [4.69, 9.17) is 17.3 Å². The van der Waals surface area contributed by atoms with Gasteiger partial charge < -0.3 is 5.73 Å². The van der Waals surface area contributed by atoms with Gasteiger partial charge in [0.2, 0.25) is 0 Å². The van der Waals surface area contributed by atoms with Crippen molar-refractivity contribution in [2.24, 2.45) is 5.73 Å². The molecule has 1 unspecified atom stereocenters. The lowest BCUT2D eigenvalue weighted by atomic mass is 10.0. The van der Waals surface area contributed by atoms with Gasteiger partial charge in [0.15, 0.2) is 0 Å². The summed E-state index contributed by atoms with van der Waals surface area (Å²) in [6, 6.07) is 15.0. The third kappa shape index (κ3) is 2.70. The largest absolute Gasteiger partial charge is 0.323 e. The van der Waals surface area contributed by atoms with Crippen LogP contribution in [0.2, 0.25) is 5.02 Å². The molecule has 0 aliphatic rings. The minimum atomic E-state index is -0.396. The zero-order valence-electron chi connectivity index (χ0n) is 10.6. The highest BCUT2D eigenvalue weighted by atomic mass is 35.5. The maximum atomic E-state index is 13.4. The van der Waals surface area contributed by atoms with Gasteiger partial charge in [-0.2, -0.15) is 0 Å². The third-order valence-corrected chi connectivity index (χ3v) is 4.80. The van der Waals surface area contributed by atoms with E-state index in [1.54, 1.807) is 17.4 Å². The molecular formula is C16H13ClFNS. The molecule has 0 spiro atoms. The highest BCUT2D eigenvalue weighted by Crippen LogP contribution is 2.30. The summed E-state index contributed by atoms with van der Waals surface area (Å²) in [6.07, 6.45) is 0.598. The summed E-state index contributed by atoms with van der Waals surface area (Å²) in [5.41, 5.74) is 7.09. The quantitative estimate of drug-likeness (QED) is 0.729. The molecule has 0 aliphatic heterocycles. The van der Waals surface area contributed by atoms with Gasteiger partial charge in [-0.25, -0.2) is 4.39 Å². The predicted molar refractivity (Wildman–Crippen MR) is 83.9 cm³/mol. The first-order valence-electron chi connectivity index (χ1n) is 6.31. The van der Waals surface area contributed by atoms with Crippen LogP contribution in [0.25, 0.3) is 10.1 Å². The molecule has 1 heterocycles. The van der Waals surface area contributed by atoms with E-state index in [0.717, 1.165) is 10.4 Å². The molecule has 0 fully saturated rings. The molecule has 1 nitrogen and oxygen atoms in total. The molecule has 0 amide bonds. The average molecular weight is 306 g/mol. The molecular weight excluding hydrogens is 293 g/mol. The van der Waals surface area contributed by atoms with Crippen LogP contribution in [0.1, 0.15) is 16.5 Å². The van der Waals surface area contributed by atoms with Gasteiger partial charge in [-0.1, -0.05) is 35.9 Å². The van der Waals surface area contributed by atoms with Gasteiger partial charge in [0.25, 0.3) is 0 Å². The first-order chi connectivity index (χ1) is 9.63. The maximum absolute atomic E-state index is 13.4. The molecule has 3 aromatic rings. The van der Waals surface area contributed by atoms with Crippen molar-refractivity contribution >= 4 is 33.0 Å². The summed E-state index contributed by atoms with van der Waals surface area (Å²) in [5, 5.41) is 1.34.